The van der Waals surface area contributed by atoms with E-state index in [2.05, 4.69) is 47.0 Å². The van der Waals surface area contributed by atoms with Crippen LogP contribution in [0, 0.1) is 0 Å². The highest BCUT2D eigenvalue weighted by molar-refractivity contribution is 7.10. The van der Waals surface area contributed by atoms with Crippen molar-refractivity contribution in [1.29, 1.82) is 0 Å². The lowest BCUT2D eigenvalue weighted by molar-refractivity contribution is 0.195. The van der Waals surface area contributed by atoms with Gasteiger partial charge in [-0.2, -0.15) is 0 Å². The van der Waals surface area contributed by atoms with Gasteiger partial charge in [-0.05, 0) is 24.8 Å². The molecule has 1 aromatic rings. The summed E-state index contributed by atoms with van der Waals surface area (Å²) in [6, 6.07) is 4.26. The summed E-state index contributed by atoms with van der Waals surface area (Å²) < 4.78 is 5.03. The minimum absolute atomic E-state index is 0.467. The van der Waals surface area contributed by atoms with E-state index in [0.29, 0.717) is 5.92 Å². The van der Waals surface area contributed by atoms with E-state index in [9.17, 15) is 0 Å². The van der Waals surface area contributed by atoms with E-state index in [4.69, 9.17) is 4.74 Å². The molecule has 0 radical (unpaired) electrons. The van der Waals surface area contributed by atoms with Gasteiger partial charge in [-0.3, -0.25) is 4.99 Å². The van der Waals surface area contributed by atoms with Crippen LogP contribution < -0.4 is 10.6 Å². The molecule has 1 rings (SSSR count). The highest BCUT2D eigenvalue weighted by Gasteiger charge is 2.06. The van der Waals surface area contributed by atoms with E-state index in [1.807, 2.05) is 0 Å². The largest absolute Gasteiger partial charge is 0.385 e. The van der Waals surface area contributed by atoms with Crippen molar-refractivity contribution in [2.24, 2.45) is 4.99 Å². The van der Waals surface area contributed by atoms with Gasteiger partial charge in [0, 0.05) is 37.6 Å². The number of nitrogens with zero attached hydrogens (tertiary/aromatic N) is 1. The van der Waals surface area contributed by atoms with Crippen LogP contribution >= 0.6 is 11.3 Å². The Morgan fingerprint density at radius 2 is 2.32 bits per heavy atom. The van der Waals surface area contributed by atoms with Gasteiger partial charge in [0.05, 0.1) is 6.54 Å². The molecule has 1 atom stereocenters. The summed E-state index contributed by atoms with van der Waals surface area (Å²) in [6.45, 7) is 7.63. The van der Waals surface area contributed by atoms with Gasteiger partial charge in [-0.15, -0.1) is 11.3 Å². The third kappa shape index (κ3) is 6.59. The lowest BCUT2D eigenvalue weighted by Gasteiger charge is -2.12. The molecule has 1 heterocycles. The zero-order valence-corrected chi connectivity index (χ0v) is 12.9. The fraction of sp³-hybridized carbons (Fsp3) is 0.643. The van der Waals surface area contributed by atoms with E-state index in [-0.39, 0.29) is 0 Å². The first kappa shape index (κ1) is 16.0. The van der Waals surface area contributed by atoms with Gasteiger partial charge in [0.15, 0.2) is 5.96 Å². The van der Waals surface area contributed by atoms with Gasteiger partial charge in [0.1, 0.15) is 0 Å². The molecule has 0 aliphatic carbocycles. The van der Waals surface area contributed by atoms with Crippen LogP contribution in [0.1, 0.15) is 31.1 Å². The summed E-state index contributed by atoms with van der Waals surface area (Å²) in [4.78, 5) is 6.02. The van der Waals surface area contributed by atoms with E-state index >= 15 is 0 Å². The maximum Gasteiger partial charge on any atom is 0.191 e. The van der Waals surface area contributed by atoms with Crippen LogP contribution in [0.3, 0.4) is 0 Å². The fourth-order valence-electron chi connectivity index (χ4n) is 1.65. The molecule has 108 valence electrons. The third-order valence-corrected chi connectivity index (χ3v) is 3.82. The van der Waals surface area contributed by atoms with E-state index < -0.39 is 0 Å². The van der Waals surface area contributed by atoms with Crippen LogP contribution in [0.5, 0.6) is 0 Å². The number of aliphatic imine (C=N–C) groups is 1. The maximum absolute atomic E-state index is 5.03. The molecule has 0 spiro atoms. The standard InChI is InChI=1S/C14H25N3OS/c1-4-15-14(16-8-6-9-18-3)17-11-12(2)13-7-5-10-19-13/h5,7,10,12H,4,6,8-9,11H2,1-3H3,(H2,15,16,17). The molecular formula is C14H25N3OS. The lowest BCUT2D eigenvalue weighted by atomic mass is 10.1. The molecule has 2 N–H and O–H groups in total. The Bertz CT molecular complexity index is 352. The molecule has 0 aliphatic heterocycles. The van der Waals surface area contributed by atoms with Crippen molar-refractivity contribution in [1.82, 2.24) is 10.6 Å². The Kier molecular flexibility index (Phi) is 8.25. The van der Waals surface area contributed by atoms with Crippen molar-refractivity contribution in [3.05, 3.63) is 22.4 Å². The number of guanidine groups is 1. The van der Waals surface area contributed by atoms with Gasteiger partial charge in [-0.1, -0.05) is 13.0 Å². The van der Waals surface area contributed by atoms with Gasteiger partial charge >= 0.3 is 0 Å². The average Bonchev–Trinajstić information content (AvgIpc) is 2.94. The van der Waals surface area contributed by atoms with Gasteiger partial charge in [0.2, 0.25) is 0 Å². The number of nitrogens with one attached hydrogen (secondary N) is 2. The highest BCUT2D eigenvalue weighted by Crippen LogP contribution is 2.20. The molecule has 5 heteroatoms. The van der Waals surface area contributed by atoms with Crippen LogP contribution in [0.4, 0.5) is 0 Å². The number of rotatable bonds is 8. The summed E-state index contributed by atoms with van der Waals surface area (Å²) in [6.07, 6.45) is 0.987. The lowest BCUT2D eigenvalue weighted by Crippen LogP contribution is -2.38. The van der Waals surface area contributed by atoms with Crippen LogP contribution in [-0.4, -0.2) is 39.3 Å². The Morgan fingerprint density at radius 3 is 2.95 bits per heavy atom. The van der Waals surface area contributed by atoms with Crippen LogP contribution in [0.25, 0.3) is 0 Å². The van der Waals surface area contributed by atoms with Crippen LogP contribution in [-0.2, 0) is 4.74 Å². The second-order valence-electron chi connectivity index (χ2n) is 4.41. The number of hydrogen-bond donors (Lipinski definition) is 2. The first-order chi connectivity index (χ1) is 9.27. The quantitative estimate of drug-likeness (QED) is 0.437. The Hall–Kier alpha value is -1.07. The molecule has 19 heavy (non-hydrogen) atoms. The van der Waals surface area contributed by atoms with E-state index in [1.54, 1.807) is 18.4 Å². The fourth-order valence-corrected chi connectivity index (χ4v) is 2.43. The molecule has 0 saturated carbocycles. The molecule has 0 saturated heterocycles. The molecule has 1 aromatic heterocycles. The third-order valence-electron chi connectivity index (χ3n) is 2.71. The number of ether oxygens (including phenoxy) is 1. The second kappa shape index (κ2) is 9.81. The summed E-state index contributed by atoms with van der Waals surface area (Å²) >= 11 is 1.79. The van der Waals surface area contributed by atoms with Crippen molar-refractivity contribution in [2.75, 3.05) is 33.4 Å². The smallest absolute Gasteiger partial charge is 0.191 e. The van der Waals surface area contributed by atoms with Gasteiger partial charge in [-0.25, -0.2) is 0 Å². The molecule has 0 aliphatic rings. The van der Waals surface area contributed by atoms with Crippen molar-refractivity contribution in [3.63, 3.8) is 0 Å². The molecule has 0 aromatic carbocycles. The number of thiophene rings is 1. The predicted octanol–water partition coefficient (Wildman–Crippen LogP) is 2.44. The van der Waals surface area contributed by atoms with Crippen molar-refractivity contribution in [2.45, 2.75) is 26.2 Å². The Morgan fingerprint density at radius 1 is 1.47 bits per heavy atom. The topological polar surface area (TPSA) is 45.7 Å². The summed E-state index contributed by atoms with van der Waals surface area (Å²) in [7, 11) is 1.72. The van der Waals surface area contributed by atoms with Crippen molar-refractivity contribution < 1.29 is 4.74 Å². The maximum atomic E-state index is 5.03. The normalized spacial score (nSPS) is 13.3. The molecule has 0 fully saturated rings. The summed E-state index contributed by atoms with van der Waals surface area (Å²) in [5.74, 6) is 1.36. The Labute approximate surface area is 120 Å². The summed E-state index contributed by atoms with van der Waals surface area (Å²) in [5.41, 5.74) is 0. The number of hydrogen-bond acceptors (Lipinski definition) is 3. The minimum atomic E-state index is 0.467. The minimum Gasteiger partial charge on any atom is -0.385 e. The zero-order valence-electron chi connectivity index (χ0n) is 12.1. The van der Waals surface area contributed by atoms with Crippen molar-refractivity contribution >= 4 is 17.3 Å². The van der Waals surface area contributed by atoms with Gasteiger partial charge in [0.25, 0.3) is 0 Å². The second-order valence-corrected chi connectivity index (χ2v) is 5.39. The monoisotopic (exact) mass is 283 g/mol. The van der Waals surface area contributed by atoms with Crippen LogP contribution in [0.15, 0.2) is 22.5 Å². The Balaban J connectivity index is 2.39. The van der Waals surface area contributed by atoms with E-state index in [0.717, 1.165) is 38.6 Å². The highest BCUT2D eigenvalue weighted by atomic mass is 32.1. The first-order valence-electron chi connectivity index (χ1n) is 6.82. The zero-order chi connectivity index (χ0) is 13.9. The van der Waals surface area contributed by atoms with Crippen molar-refractivity contribution in [3.8, 4) is 0 Å². The molecule has 0 amide bonds. The molecule has 4 nitrogen and oxygen atoms in total. The number of methoxy groups -OCH3 is 1. The molecule has 0 bridgehead atoms. The van der Waals surface area contributed by atoms with Gasteiger partial charge < -0.3 is 15.4 Å². The van der Waals surface area contributed by atoms with E-state index in [1.165, 1.54) is 4.88 Å². The average molecular weight is 283 g/mol. The summed E-state index contributed by atoms with van der Waals surface area (Å²) in [5, 5.41) is 8.69. The predicted molar refractivity (Wildman–Crippen MR) is 83.2 cm³/mol. The molecular weight excluding hydrogens is 258 g/mol. The first-order valence-corrected chi connectivity index (χ1v) is 7.70. The SMILES string of the molecule is CCNC(=NCC(C)c1cccs1)NCCCOC. The van der Waals surface area contributed by atoms with Crippen LogP contribution in [0.2, 0.25) is 0 Å². The molecule has 1 unspecified atom stereocenters.